The van der Waals surface area contributed by atoms with Crippen LogP contribution < -0.4 is 11.1 Å². The highest BCUT2D eigenvalue weighted by molar-refractivity contribution is 8.14. The highest BCUT2D eigenvalue weighted by atomic mass is 32.2. The van der Waals surface area contributed by atoms with Crippen LogP contribution in [-0.4, -0.2) is 23.5 Å². The Balaban J connectivity index is 2.12. The number of nitrogens with two attached hydrogens (primary N) is 1. The summed E-state index contributed by atoms with van der Waals surface area (Å²) in [5, 5.41) is 2.20. The predicted molar refractivity (Wildman–Crippen MR) is 89.2 cm³/mol. The molecular formula is C17H15FN2O3S. The third-order valence-electron chi connectivity index (χ3n) is 3.05. The normalized spacial score (nSPS) is 10.2. The Morgan fingerprint density at radius 1 is 1.08 bits per heavy atom. The van der Waals surface area contributed by atoms with Crippen molar-refractivity contribution in [3.63, 3.8) is 0 Å². The monoisotopic (exact) mass is 346 g/mol. The molecule has 0 radical (unpaired) electrons. The lowest BCUT2D eigenvalue weighted by Crippen LogP contribution is -2.28. The second kappa shape index (κ2) is 8.26. The van der Waals surface area contributed by atoms with Crippen molar-refractivity contribution in [1.29, 1.82) is 0 Å². The number of hydrogen-bond donors (Lipinski definition) is 2. The Bertz CT molecular complexity index is 780. The fourth-order valence-corrected chi connectivity index (χ4v) is 2.77. The van der Waals surface area contributed by atoms with Crippen LogP contribution in [-0.2, 0) is 4.79 Å². The van der Waals surface area contributed by atoms with Gasteiger partial charge >= 0.3 is 0 Å². The summed E-state index contributed by atoms with van der Waals surface area (Å²) < 4.78 is 13.2. The fraction of sp³-hybridized carbons (Fsp3) is 0.118. The van der Waals surface area contributed by atoms with Crippen molar-refractivity contribution in [3.05, 3.63) is 65.5 Å². The molecule has 0 aliphatic heterocycles. The fourth-order valence-electron chi connectivity index (χ4n) is 1.91. The SMILES string of the molecule is NC(=O)CCNC(=O)c1ccccc1SC(=O)c1cccc(F)c1. The van der Waals surface area contributed by atoms with E-state index in [-0.39, 0.29) is 23.6 Å². The van der Waals surface area contributed by atoms with Gasteiger partial charge < -0.3 is 11.1 Å². The molecule has 2 aromatic rings. The molecule has 2 rings (SSSR count). The zero-order chi connectivity index (χ0) is 17.5. The summed E-state index contributed by atoms with van der Waals surface area (Å²) >= 11 is 0.842. The van der Waals surface area contributed by atoms with Crippen LogP contribution in [0, 0.1) is 5.82 Å². The molecule has 0 saturated carbocycles. The first kappa shape index (κ1) is 17.7. The van der Waals surface area contributed by atoms with Crippen LogP contribution in [0.4, 0.5) is 4.39 Å². The summed E-state index contributed by atoms with van der Waals surface area (Å²) in [6, 6.07) is 11.9. The zero-order valence-corrected chi connectivity index (χ0v) is 13.4. The standard InChI is InChI=1S/C17H15FN2O3S/c18-12-5-3-4-11(10-12)17(23)24-14-7-2-1-6-13(14)16(22)20-9-8-15(19)21/h1-7,10H,8-9H2,(H2,19,21)(H,20,22). The van der Waals surface area contributed by atoms with Crippen molar-refractivity contribution >= 4 is 28.7 Å². The van der Waals surface area contributed by atoms with Crippen molar-refractivity contribution in [1.82, 2.24) is 5.32 Å². The number of nitrogens with one attached hydrogen (secondary N) is 1. The van der Waals surface area contributed by atoms with Gasteiger partial charge in [-0.3, -0.25) is 14.4 Å². The average Bonchev–Trinajstić information content (AvgIpc) is 2.55. The molecule has 5 nitrogen and oxygen atoms in total. The van der Waals surface area contributed by atoms with Gasteiger partial charge in [-0.25, -0.2) is 4.39 Å². The van der Waals surface area contributed by atoms with Crippen molar-refractivity contribution in [2.24, 2.45) is 5.73 Å². The number of carbonyl (C=O) groups excluding carboxylic acids is 3. The van der Waals surface area contributed by atoms with E-state index in [0.717, 1.165) is 17.8 Å². The molecule has 0 atom stereocenters. The van der Waals surface area contributed by atoms with Gasteiger partial charge in [0.1, 0.15) is 5.82 Å². The maximum absolute atomic E-state index is 13.2. The first-order chi connectivity index (χ1) is 11.5. The Kier molecular flexibility index (Phi) is 6.08. The minimum absolute atomic E-state index is 0.0310. The van der Waals surface area contributed by atoms with E-state index in [1.165, 1.54) is 18.2 Å². The van der Waals surface area contributed by atoms with Gasteiger partial charge in [0.25, 0.3) is 5.91 Å². The van der Waals surface area contributed by atoms with Crippen molar-refractivity contribution < 1.29 is 18.8 Å². The first-order valence-electron chi connectivity index (χ1n) is 7.10. The molecule has 0 bridgehead atoms. The molecule has 0 saturated heterocycles. The van der Waals surface area contributed by atoms with Crippen LogP contribution in [0.5, 0.6) is 0 Å². The molecule has 0 aliphatic rings. The molecule has 124 valence electrons. The van der Waals surface area contributed by atoms with Gasteiger partial charge in [0.05, 0.1) is 5.56 Å². The minimum Gasteiger partial charge on any atom is -0.370 e. The number of amides is 2. The lowest BCUT2D eigenvalue weighted by atomic mass is 10.2. The number of halogens is 1. The second-order valence-corrected chi connectivity index (χ2v) is 5.88. The molecule has 0 unspecified atom stereocenters. The number of thioether (sulfide) groups is 1. The molecule has 0 fully saturated rings. The summed E-state index contributed by atoms with van der Waals surface area (Å²) in [4.78, 5) is 35.6. The Morgan fingerprint density at radius 3 is 2.54 bits per heavy atom. The molecule has 2 amide bonds. The Morgan fingerprint density at radius 2 is 1.83 bits per heavy atom. The van der Waals surface area contributed by atoms with E-state index < -0.39 is 17.6 Å². The maximum atomic E-state index is 13.2. The zero-order valence-electron chi connectivity index (χ0n) is 12.6. The summed E-state index contributed by atoms with van der Waals surface area (Å²) in [7, 11) is 0. The van der Waals surface area contributed by atoms with Crippen molar-refractivity contribution in [3.8, 4) is 0 Å². The second-order valence-electron chi connectivity index (χ2n) is 4.87. The van der Waals surface area contributed by atoms with Gasteiger partial charge in [-0.15, -0.1) is 0 Å². The van der Waals surface area contributed by atoms with E-state index in [4.69, 9.17) is 5.73 Å². The van der Waals surface area contributed by atoms with E-state index in [1.54, 1.807) is 24.3 Å². The number of primary amides is 1. The van der Waals surface area contributed by atoms with Crippen LogP contribution in [0.2, 0.25) is 0 Å². The molecular weight excluding hydrogens is 331 g/mol. The van der Waals surface area contributed by atoms with E-state index in [9.17, 15) is 18.8 Å². The van der Waals surface area contributed by atoms with Gasteiger partial charge in [0.2, 0.25) is 11.0 Å². The van der Waals surface area contributed by atoms with Crippen LogP contribution >= 0.6 is 11.8 Å². The van der Waals surface area contributed by atoms with E-state index in [0.29, 0.717) is 10.5 Å². The van der Waals surface area contributed by atoms with Crippen LogP contribution in [0.3, 0.4) is 0 Å². The Labute approximate surface area is 142 Å². The van der Waals surface area contributed by atoms with Crippen molar-refractivity contribution in [2.45, 2.75) is 11.3 Å². The largest absolute Gasteiger partial charge is 0.370 e. The van der Waals surface area contributed by atoms with Crippen molar-refractivity contribution in [2.75, 3.05) is 6.54 Å². The third kappa shape index (κ3) is 4.92. The molecule has 0 aliphatic carbocycles. The molecule has 2 aromatic carbocycles. The molecule has 0 aromatic heterocycles. The summed E-state index contributed by atoms with van der Waals surface area (Å²) in [5.74, 6) is -1.43. The summed E-state index contributed by atoms with van der Waals surface area (Å²) in [6.07, 6.45) is 0.0310. The maximum Gasteiger partial charge on any atom is 0.252 e. The average molecular weight is 346 g/mol. The molecule has 0 heterocycles. The summed E-state index contributed by atoms with van der Waals surface area (Å²) in [6.45, 7) is 0.116. The molecule has 24 heavy (non-hydrogen) atoms. The quantitative estimate of drug-likeness (QED) is 0.786. The van der Waals surface area contributed by atoms with Crippen LogP contribution in [0.25, 0.3) is 0 Å². The smallest absolute Gasteiger partial charge is 0.252 e. The number of rotatable bonds is 6. The van der Waals surface area contributed by atoms with Gasteiger partial charge in [-0.1, -0.05) is 24.3 Å². The van der Waals surface area contributed by atoms with Gasteiger partial charge in [-0.2, -0.15) is 0 Å². The predicted octanol–water partition coefficient (Wildman–Crippen LogP) is 2.36. The number of carbonyl (C=O) groups is 3. The molecule has 0 spiro atoms. The minimum atomic E-state index is -0.515. The molecule has 7 heteroatoms. The first-order valence-corrected chi connectivity index (χ1v) is 7.92. The topological polar surface area (TPSA) is 89.3 Å². The van der Waals surface area contributed by atoms with E-state index in [1.807, 2.05) is 0 Å². The van der Waals surface area contributed by atoms with Crippen LogP contribution in [0.1, 0.15) is 27.1 Å². The van der Waals surface area contributed by atoms with Crippen LogP contribution in [0.15, 0.2) is 53.4 Å². The lowest BCUT2D eigenvalue weighted by Gasteiger charge is -2.09. The lowest BCUT2D eigenvalue weighted by molar-refractivity contribution is -0.117. The van der Waals surface area contributed by atoms with E-state index >= 15 is 0 Å². The van der Waals surface area contributed by atoms with Gasteiger partial charge in [-0.05, 0) is 36.0 Å². The third-order valence-corrected chi connectivity index (χ3v) is 4.05. The van der Waals surface area contributed by atoms with Gasteiger partial charge in [0, 0.05) is 23.4 Å². The summed E-state index contributed by atoms with van der Waals surface area (Å²) in [5.41, 5.74) is 5.53. The number of hydrogen-bond acceptors (Lipinski definition) is 4. The Hall–Kier alpha value is -2.67. The highest BCUT2D eigenvalue weighted by Crippen LogP contribution is 2.26. The van der Waals surface area contributed by atoms with E-state index in [2.05, 4.69) is 5.32 Å². The van der Waals surface area contributed by atoms with Gasteiger partial charge in [0.15, 0.2) is 0 Å². The molecule has 3 N–H and O–H groups in total. The number of benzene rings is 2. The highest BCUT2D eigenvalue weighted by Gasteiger charge is 2.16.